The number of halogens is 1. The van der Waals surface area contributed by atoms with E-state index in [1.54, 1.807) is 0 Å². The number of hydrogen-bond acceptors (Lipinski definition) is 3. The molecular weight excluding hydrogens is 304 g/mol. The first-order valence-corrected chi connectivity index (χ1v) is 7.62. The van der Waals surface area contributed by atoms with Crippen LogP contribution in [0.5, 0.6) is 0 Å². The van der Waals surface area contributed by atoms with Crippen LogP contribution in [0.2, 0.25) is 0 Å². The molecule has 2 N–H and O–H groups in total. The minimum atomic E-state index is -0.106. The van der Waals surface area contributed by atoms with Gasteiger partial charge in [-0.2, -0.15) is 0 Å². The Hall–Kier alpha value is -0.580. The molecule has 1 aromatic rings. The highest BCUT2D eigenvalue weighted by Crippen LogP contribution is 2.30. The molecule has 1 heterocycles. The third-order valence-corrected chi connectivity index (χ3v) is 3.86. The van der Waals surface area contributed by atoms with Crippen LogP contribution in [0.25, 0.3) is 0 Å². The fraction of sp³-hybridized carbons (Fsp3) is 0.600. The molecule has 106 valence electrons. The maximum absolute atomic E-state index is 5.97. The monoisotopic (exact) mass is 326 g/mol. The molecule has 0 saturated carbocycles. The molecule has 3 nitrogen and oxygen atoms in total. The SMILES string of the molecule is CC1CN(c2ccc(Br)cc2CCN)CC(C)(C)O1. The number of anilines is 1. The van der Waals surface area contributed by atoms with Gasteiger partial charge >= 0.3 is 0 Å². The molecule has 1 fully saturated rings. The Morgan fingerprint density at radius 2 is 2.21 bits per heavy atom. The Bertz CT molecular complexity index is 448. The van der Waals surface area contributed by atoms with Crippen molar-refractivity contribution in [2.45, 2.75) is 38.9 Å². The Morgan fingerprint density at radius 3 is 2.84 bits per heavy atom. The van der Waals surface area contributed by atoms with Gasteiger partial charge in [-0.3, -0.25) is 0 Å². The first-order valence-electron chi connectivity index (χ1n) is 6.82. The van der Waals surface area contributed by atoms with Crippen LogP contribution in [0.1, 0.15) is 26.3 Å². The minimum Gasteiger partial charge on any atom is -0.369 e. The third-order valence-electron chi connectivity index (χ3n) is 3.37. The molecule has 0 spiro atoms. The minimum absolute atomic E-state index is 0.106. The van der Waals surface area contributed by atoms with Gasteiger partial charge in [0.2, 0.25) is 0 Å². The zero-order valence-corrected chi connectivity index (χ0v) is 13.5. The topological polar surface area (TPSA) is 38.5 Å². The van der Waals surface area contributed by atoms with Gasteiger partial charge in [0.25, 0.3) is 0 Å². The van der Waals surface area contributed by atoms with Gasteiger partial charge in [-0.1, -0.05) is 15.9 Å². The van der Waals surface area contributed by atoms with Crippen LogP contribution < -0.4 is 10.6 Å². The summed E-state index contributed by atoms with van der Waals surface area (Å²) < 4.78 is 7.08. The molecule has 0 amide bonds. The van der Waals surface area contributed by atoms with Crippen molar-refractivity contribution in [3.8, 4) is 0 Å². The lowest BCUT2D eigenvalue weighted by Crippen LogP contribution is -2.52. The summed E-state index contributed by atoms with van der Waals surface area (Å²) in [5, 5.41) is 0. The van der Waals surface area contributed by atoms with E-state index >= 15 is 0 Å². The summed E-state index contributed by atoms with van der Waals surface area (Å²) in [6.45, 7) is 8.95. The van der Waals surface area contributed by atoms with Gasteiger partial charge in [0, 0.05) is 23.2 Å². The van der Waals surface area contributed by atoms with Crippen molar-refractivity contribution < 1.29 is 4.74 Å². The summed E-state index contributed by atoms with van der Waals surface area (Å²) in [4.78, 5) is 2.42. The molecule has 1 aliphatic rings. The van der Waals surface area contributed by atoms with Crippen molar-refractivity contribution in [3.05, 3.63) is 28.2 Å². The highest BCUT2D eigenvalue weighted by Gasteiger charge is 2.32. The Balaban J connectivity index is 2.30. The number of hydrogen-bond donors (Lipinski definition) is 1. The van der Waals surface area contributed by atoms with Crippen molar-refractivity contribution in [1.82, 2.24) is 0 Å². The maximum atomic E-state index is 5.97. The number of ether oxygens (including phenoxy) is 1. The van der Waals surface area contributed by atoms with Crippen LogP contribution >= 0.6 is 15.9 Å². The average Bonchev–Trinajstić information content (AvgIpc) is 2.26. The van der Waals surface area contributed by atoms with E-state index in [-0.39, 0.29) is 11.7 Å². The highest BCUT2D eigenvalue weighted by atomic mass is 79.9. The summed E-state index contributed by atoms with van der Waals surface area (Å²) in [5.41, 5.74) is 8.22. The predicted octanol–water partition coefficient (Wildman–Crippen LogP) is 2.95. The molecule has 19 heavy (non-hydrogen) atoms. The van der Waals surface area contributed by atoms with Crippen molar-refractivity contribution in [2.24, 2.45) is 5.73 Å². The largest absolute Gasteiger partial charge is 0.369 e. The Kier molecular flexibility index (Phi) is 4.54. The lowest BCUT2D eigenvalue weighted by molar-refractivity contribution is -0.0750. The number of nitrogens with two attached hydrogens (primary N) is 1. The lowest BCUT2D eigenvalue weighted by Gasteiger charge is -2.43. The van der Waals surface area contributed by atoms with Crippen LogP contribution in [0.4, 0.5) is 5.69 Å². The first kappa shape index (κ1) is 14.8. The first-order chi connectivity index (χ1) is 8.91. The molecule has 1 aromatic carbocycles. The standard InChI is InChI=1S/C15H23BrN2O/c1-11-9-18(10-15(2,3)19-11)14-5-4-13(16)8-12(14)6-7-17/h4-5,8,11H,6-7,9-10,17H2,1-3H3. The fourth-order valence-electron chi connectivity index (χ4n) is 2.86. The van der Waals surface area contributed by atoms with E-state index in [2.05, 4.69) is 59.8 Å². The van der Waals surface area contributed by atoms with E-state index in [4.69, 9.17) is 10.5 Å². The zero-order chi connectivity index (χ0) is 14.0. The van der Waals surface area contributed by atoms with Gasteiger partial charge in [0.1, 0.15) is 0 Å². The molecule has 0 radical (unpaired) electrons. The van der Waals surface area contributed by atoms with E-state index in [1.807, 2.05) is 0 Å². The summed E-state index contributed by atoms with van der Waals surface area (Å²) in [7, 11) is 0. The van der Waals surface area contributed by atoms with Gasteiger partial charge in [-0.05, 0) is 57.5 Å². The van der Waals surface area contributed by atoms with Crippen molar-refractivity contribution >= 4 is 21.6 Å². The zero-order valence-electron chi connectivity index (χ0n) is 11.9. The van der Waals surface area contributed by atoms with Crippen molar-refractivity contribution in [3.63, 3.8) is 0 Å². The normalized spacial score (nSPS) is 22.6. The van der Waals surface area contributed by atoms with E-state index in [9.17, 15) is 0 Å². The third kappa shape index (κ3) is 3.71. The van der Waals surface area contributed by atoms with Crippen LogP contribution in [0, 0.1) is 0 Å². The number of morpholine rings is 1. The fourth-order valence-corrected chi connectivity index (χ4v) is 3.26. The van der Waals surface area contributed by atoms with E-state index in [0.29, 0.717) is 6.54 Å². The number of benzene rings is 1. The molecule has 4 heteroatoms. The second-order valence-electron chi connectivity index (χ2n) is 5.88. The van der Waals surface area contributed by atoms with E-state index < -0.39 is 0 Å². The molecule has 1 aliphatic heterocycles. The van der Waals surface area contributed by atoms with E-state index in [1.165, 1.54) is 11.3 Å². The summed E-state index contributed by atoms with van der Waals surface area (Å²) in [5.74, 6) is 0. The van der Waals surface area contributed by atoms with Crippen LogP contribution in [0.15, 0.2) is 22.7 Å². The Labute approximate surface area is 124 Å². The predicted molar refractivity (Wildman–Crippen MR) is 83.7 cm³/mol. The van der Waals surface area contributed by atoms with Gasteiger partial charge in [0.15, 0.2) is 0 Å². The molecule has 0 bridgehead atoms. The number of nitrogens with zero attached hydrogens (tertiary/aromatic N) is 1. The summed E-state index contributed by atoms with van der Waals surface area (Å²) in [6, 6.07) is 6.46. The Morgan fingerprint density at radius 1 is 1.47 bits per heavy atom. The lowest BCUT2D eigenvalue weighted by atomic mass is 10.0. The van der Waals surface area contributed by atoms with Crippen molar-refractivity contribution in [1.29, 1.82) is 0 Å². The van der Waals surface area contributed by atoms with Gasteiger partial charge in [0.05, 0.1) is 11.7 Å². The second-order valence-corrected chi connectivity index (χ2v) is 6.80. The smallest absolute Gasteiger partial charge is 0.0805 e. The molecular formula is C15H23BrN2O. The van der Waals surface area contributed by atoms with Crippen LogP contribution in [-0.4, -0.2) is 31.3 Å². The second kappa shape index (κ2) is 5.81. The quantitative estimate of drug-likeness (QED) is 0.928. The summed E-state index contributed by atoms with van der Waals surface area (Å²) >= 11 is 3.54. The van der Waals surface area contributed by atoms with Crippen LogP contribution in [0.3, 0.4) is 0 Å². The molecule has 0 aromatic heterocycles. The van der Waals surface area contributed by atoms with Gasteiger partial charge < -0.3 is 15.4 Å². The summed E-state index contributed by atoms with van der Waals surface area (Å²) in [6.07, 6.45) is 1.15. The molecule has 1 atom stereocenters. The molecule has 0 aliphatic carbocycles. The van der Waals surface area contributed by atoms with Crippen LogP contribution in [-0.2, 0) is 11.2 Å². The number of rotatable bonds is 3. The molecule has 1 unspecified atom stereocenters. The molecule has 2 rings (SSSR count). The maximum Gasteiger partial charge on any atom is 0.0805 e. The van der Waals surface area contributed by atoms with Gasteiger partial charge in [-0.15, -0.1) is 0 Å². The average molecular weight is 327 g/mol. The van der Waals surface area contributed by atoms with Crippen molar-refractivity contribution in [2.75, 3.05) is 24.5 Å². The highest BCUT2D eigenvalue weighted by molar-refractivity contribution is 9.10. The van der Waals surface area contributed by atoms with Gasteiger partial charge in [-0.25, -0.2) is 0 Å². The van der Waals surface area contributed by atoms with E-state index in [0.717, 1.165) is 24.0 Å². The molecule has 1 saturated heterocycles.